The van der Waals surface area contributed by atoms with Crippen molar-refractivity contribution in [2.24, 2.45) is 5.92 Å². The van der Waals surface area contributed by atoms with E-state index in [-0.39, 0.29) is 53.2 Å². The van der Waals surface area contributed by atoms with E-state index in [0.717, 1.165) is 13.0 Å². The summed E-state index contributed by atoms with van der Waals surface area (Å²) in [6, 6.07) is -0.0263. The van der Waals surface area contributed by atoms with E-state index >= 15 is 0 Å². The van der Waals surface area contributed by atoms with Gasteiger partial charge in [0.05, 0.1) is 6.04 Å². The van der Waals surface area contributed by atoms with Gasteiger partial charge in [0.25, 0.3) is 0 Å². The zero-order chi connectivity index (χ0) is 9.87. The van der Waals surface area contributed by atoms with Gasteiger partial charge in [-0.2, -0.15) is 0 Å². The maximum atomic E-state index is 11.5. The predicted octanol–water partition coefficient (Wildman–Crippen LogP) is -1.49. The minimum absolute atomic E-state index is 0. The molecule has 2 fully saturated rings. The van der Waals surface area contributed by atoms with Gasteiger partial charge in [-0.25, -0.2) is 4.79 Å². The molecule has 1 amide bonds. The molecular formula is C9H11N2NaO3. The van der Waals surface area contributed by atoms with Gasteiger partial charge in [0.15, 0.2) is 0 Å². The normalized spacial score (nSPS) is 36.3. The van der Waals surface area contributed by atoms with Gasteiger partial charge in [0.2, 0.25) is 5.91 Å². The first-order chi connectivity index (χ1) is 6.70. The van der Waals surface area contributed by atoms with Crippen molar-refractivity contribution < 1.29 is 14.7 Å². The van der Waals surface area contributed by atoms with Crippen LogP contribution >= 0.6 is 0 Å². The molecule has 0 spiro atoms. The van der Waals surface area contributed by atoms with E-state index in [1.807, 2.05) is 0 Å². The molecule has 2 N–H and O–H groups in total. The van der Waals surface area contributed by atoms with Crippen molar-refractivity contribution in [2.75, 3.05) is 6.54 Å². The Labute approximate surface area is 109 Å². The third-order valence-corrected chi connectivity index (χ3v) is 3.32. The SMILES string of the molecule is O=C(O)C1=CCC2CNC3C(=O)N1C23.[NaH]. The first kappa shape index (κ1) is 11.1. The van der Waals surface area contributed by atoms with Crippen LogP contribution in [0.1, 0.15) is 6.42 Å². The summed E-state index contributed by atoms with van der Waals surface area (Å²) in [5.74, 6) is -0.686. The van der Waals surface area contributed by atoms with E-state index in [1.54, 1.807) is 6.08 Å². The molecule has 76 valence electrons. The molecule has 0 aromatic carbocycles. The van der Waals surface area contributed by atoms with Gasteiger partial charge in [-0.3, -0.25) is 9.69 Å². The van der Waals surface area contributed by atoms with Crippen molar-refractivity contribution in [1.29, 1.82) is 0 Å². The van der Waals surface area contributed by atoms with Crippen molar-refractivity contribution >= 4 is 41.4 Å². The molecule has 3 rings (SSSR count). The van der Waals surface area contributed by atoms with Crippen LogP contribution in [0.3, 0.4) is 0 Å². The van der Waals surface area contributed by atoms with Gasteiger partial charge >= 0.3 is 35.5 Å². The van der Waals surface area contributed by atoms with Crippen LogP contribution in [0.2, 0.25) is 0 Å². The number of hydrogen-bond acceptors (Lipinski definition) is 3. The van der Waals surface area contributed by atoms with Crippen molar-refractivity contribution in [2.45, 2.75) is 18.5 Å². The second-order valence-electron chi connectivity index (χ2n) is 3.98. The summed E-state index contributed by atoms with van der Waals surface area (Å²) in [7, 11) is 0. The molecular weight excluding hydrogens is 207 g/mol. The maximum absolute atomic E-state index is 11.5. The number of aliphatic carboxylic acids is 1. The molecule has 15 heavy (non-hydrogen) atoms. The van der Waals surface area contributed by atoms with Crippen molar-refractivity contribution in [3.8, 4) is 0 Å². The molecule has 0 aromatic rings. The Morgan fingerprint density at radius 3 is 3.00 bits per heavy atom. The summed E-state index contributed by atoms with van der Waals surface area (Å²) in [6.07, 6.45) is 2.42. The number of carbonyl (C=O) groups is 2. The quantitative estimate of drug-likeness (QED) is 0.415. The monoisotopic (exact) mass is 218 g/mol. The van der Waals surface area contributed by atoms with Crippen molar-refractivity contribution in [3.63, 3.8) is 0 Å². The molecule has 3 atom stereocenters. The fourth-order valence-corrected chi connectivity index (χ4v) is 2.65. The van der Waals surface area contributed by atoms with Gasteiger partial charge in [0, 0.05) is 6.54 Å². The van der Waals surface area contributed by atoms with E-state index in [9.17, 15) is 9.59 Å². The van der Waals surface area contributed by atoms with Gasteiger partial charge in [-0.05, 0) is 12.3 Å². The van der Waals surface area contributed by atoms with Gasteiger partial charge < -0.3 is 10.4 Å². The Morgan fingerprint density at radius 2 is 2.33 bits per heavy atom. The zero-order valence-corrected chi connectivity index (χ0v) is 7.43. The Hall–Kier alpha value is -0.360. The van der Waals surface area contributed by atoms with Crippen LogP contribution in [0.5, 0.6) is 0 Å². The molecule has 0 aromatic heterocycles. The van der Waals surface area contributed by atoms with Gasteiger partial charge in [0.1, 0.15) is 11.7 Å². The van der Waals surface area contributed by atoms with Crippen LogP contribution in [-0.4, -0.2) is 70.1 Å². The second-order valence-corrected chi connectivity index (χ2v) is 3.98. The van der Waals surface area contributed by atoms with Gasteiger partial charge in [-0.15, -0.1) is 0 Å². The first-order valence-electron chi connectivity index (χ1n) is 4.70. The van der Waals surface area contributed by atoms with Crippen LogP contribution < -0.4 is 5.32 Å². The molecule has 0 aliphatic carbocycles. The number of allylic oxidation sites excluding steroid dienone is 1. The number of carboxylic acids is 1. The van der Waals surface area contributed by atoms with Crippen molar-refractivity contribution in [3.05, 3.63) is 11.8 Å². The topological polar surface area (TPSA) is 69.6 Å². The summed E-state index contributed by atoms with van der Waals surface area (Å²) in [5, 5.41) is 12.0. The average molecular weight is 218 g/mol. The number of rotatable bonds is 1. The third-order valence-electron chi connectivity index (χ3n) is 3.32. The Kier molecular flexibility index (Phi) is 2.66. The number of hydrogen-bond donors (Lipinski definition) is 2. The Morgan fingerprint density at radius 1 is 1.60 bits per heavy atom. The van der Waals surface area contributed by atoms with E-state index in [2.05, 4.69) is 5.32 Å². The van der Waals surface area contributed by atoms with Crippen LogP contribution in [0, 0.1) is 5.92 Å². The molecule has 0 bridgehead atoms. The number of nitrogens with zero attached hydrogens (tertiary/aromatic N) is 1. The Bertz CT molecular complexity index is 368. The van der Waals surface area contributed by atoms with Crippen LogP contribution in [0.4, 0.5) is 0 Å². The average Bonchev–Trinajstić information content (AvgIpc) is 2.56. The number of amides is 1. The van der Waals surface area contributed by atoms with Crippen LogP contribution in [-0.2, 0) is 9.59 Å². The molecule has 6 heteroatoms. The van der Waals surface area contributed by atoms with Gasteiger partial charge in [-0.1, -0.05) is 6.08 Å². The number of β-lactam (4-membered cyclic amide) rings is 1. The molecule has 3 heterocycles. The fraction of sp³-hybridized carbons (Fsp3) is 0.556. The number of carboxylic acid groups (broad SMARTS) is 1. The van der Waals surface area contributed by atoms with E-state index in [4.69, 9.17) is 5.11 Å². The molecule has 3 aliphatic rings. The van der Waals surface area contributed by atoms with E-state index in [0.29, 0.717) is 5.92 Å². The summed E-state index contributed by atoms with van der Waals surface area (Å²) < 4.78 is 0. The summed E-state index contributed by atoms with van der Waals surface area (Å²) in [4.78, 5) is 23.8. The van der Waals surface area contributed by atoms with E-state index < -0.39 is 5.97 Å². The molecule has 5 nitrogen and oxygen atoms in total. The third kappa shape index (κ3) is 1.30. The summed E-state index contributed by atoms with van der Waals surface area (Å²) >= 11 is 0. The fourth-order valence-electron chi connectivity index (χ4n) is 2.65. The molecule has 0 saturated carbocycles. The predicted molar refractivity (Wildman–Crippen MR) is 53.4 cm³/mol. The molecule has 0 radical (unpaired) electrons. The molecule has 3 aliphatic heterocycles. The molecule has 3 unspecified atom stereocenters. The van der Waals surface area contributed by atoms with Crippen LogP contribution in [0.15, 0.2) is 11.8 Å². The standard InChI is InChI=1S/C9H10N2O3.Na.H/c12-8-6-7-4(3-10-6)1-2-5(9(13)14)11(7)8;;/h2,4,6-7,10H,1,3H2,(H,13,14);;. The molecule has 2 saturated heterocycles. The summed E-state index contributed by atoms with van der Waals surface area (Å²) in [6.45, 7) is 0.820. The number of nitrogens with one attached hydrogen (secondary N) is 1. The second kappa shape index (κ2) is 3.59. The summed E-state index contributed by atoms with van der Waals surface area (Å²) in [5.41, 5.74) is 0.163. The Balaban J connectivity index is 0.000000853. The number of carbonyl (C=O) groups excluding carboxylic acids is 1. The minimum atomic E-state index is -0.998. The first-order valence-corrected chi connectivity index (χ1v) is 4.70. The van der Waals surface area contributed by atoms with Crippen LogP contribution in [0.25, 0.3) is 0 Å². The van der Waals surface area contributed by atoms with E-state index in [1.165, 1.54) is 4.90 Å². The zero-order valence-electron chi connectivity index (χ0n) is 7.43. The van der Waals surface area contributed by atoms with Crippen molar-refractivity contribution in [1.82, 2.24) is 10.2 Å².